The van der Waals surface area contributed by atoms with Crippen LogP contribution in [-0.2, 0) is 9.59 Å². The molecule has 0 unspecified atom stereocenters. The van der Waals surface area contributed by atoms with Crippen LogP contribution in [0.25, 0.3) is 12.2 Å². The maximum absolute atomic E-state index is 12.1. The molecule has 0 saturated carbocycles. The zero-order valence-corrected chi connectivity index (χ0v) is 20.0. The highest BCUT2D eigenvalue weighted by Crippen LogP contribution is 2.26. The van der Waals surface area contributed by atoms with Crippen molar-refractivity contribution in [2.45, 2.75) is 13.8 Å². The van der Waals surface area contributed by atoms with Gasteiger partial charge in [-0.15, -0.1) is 0 Å². The zero-order valence-electron chi connectivity index (χ0n) is 17.0. The van der Waals surface area contributed by atoms with Gasteiger partial charge in [-0.05, 0) is 41.8 Å². The first-order valence-electron chi connectivity index (χ1n) is 9.39. The number of halogens is 4. The molecule has 0 heterocycles. The molecule has 0 aromatic heterocycles. The second-order valence-electron chi connectivity index (χ2n) is 7.54. The van der Waals surface area contributed by atoms with E-state index < -0.39 is 0 Å². The fourth-order valence-electron chi connectivity index (χ4n) is 2.49. The molecule has 0 aliphatic heterocycles. The van der Waals surface area contributed by atoms with E-state index in [9.17, 15) is 9.59 Å². The summed E-state index contributed by atoms with van der Waals surface area (Å²) in [5, 5.41) is 7.48. The minimum Gasteiger partial charge on any atom is -0.352 e. The second kappa shape index (κ2) is 11.6. The zero-order chi connectivity index (χ0) is 23.0. The molecule has 8 heteroatoms. The highest BCUT2D eigenvalue weighted by Gasteiger charge is 2.19. The lowest BCUT2D eigenvalue weighted by molar-refractivity contribution is -0.116. The lowest BCUT2D eigenvalue weighted by Gasteiger charge is -2.24. The van der Waals surface area contributed by atoms with Crippen LogP contribution < -0.4 is 10.6 Å². The standard InChI is InChI=1S/C23H22Cl4N2O2/c1-23(2,13-28-21(30)11-9-15-17(24)5-3-6-18(15)25)14-29-22(31)12-10-16-19(26)7-4-8-20(16)27/h3-12H,13-14H2,1-2H3,(H,28,30)(H,29,31)/b11-9+,12-10+. The Morgan fingerprint density at radius 3 is 1.39 bits per heavy atom. The van der Waals surface area contributed by atoms with E-state index in [4.69, 9.17) is 46.4 Å². The van der Waals surface area contributed by atoms with Crippen LogP contribution in [0.5, 0.6) is 0 Å². The van der Waals surface area contributed by atoms with Crippen LogP contribution in [0.1, 0.15) is 25.0 Å². The number of nitrogens with one attached hydrogen (secondary N) is 2. The first kappa shape index (κ1) is 25.3. The van der Waals surface area contributed by atoms with Crippen molar-refractivity contribution >= 4 is 70.4 Å². The Labute approximate surface area is 202 Å². The summed E-state index contributed by atoms with van der Waals surface area (Å²) in [7, 11) is 0. The summed E-state index contributed by atoms with van der Waals surface area (Å²) in [6.45, 7) is 4.56. The molecular formula is C23H22Cl4N2O2. The molecule has 0 atom stereocenters. The van der Waals surface area contributed by atoms with Crippen molar-refractivity contribution in [3.8, 4) is 0 Å². The molecule has 2 rings (SSSR count). The maximum Gasteiger partial charge on any atom is 0.244 e. The minimum atomic E-state index is -0.378. The van der Waals surface area contributed by atoms with E-state index in [1.165, 1.54) is 12.2 Å². The van der Waals surface area contributed by atoms with Crippen molar-refractivity contribution < 1.29 is 9.59 Å². The van der Waals surface area contributed by atoms with Crippen LogP contribution >= 0.6 is 46.4 Å². The Balaban J connectivity index is 1.84. The molecule has 2 N–H and O–H groups in total. The smallest absolute Gasteiger partial charge is 0.244 e. The van der Waals surface area contributed by atoms with Gasteiger partial charge in [-0.2, -0.15) is 0 Å². The van der Waals surface area contributed by atoms with E-state index in [0.717, 1.165) is 0 Å². The monoisotopic (exact) mass is 498 g/mol. The van der Waals surface area contributed by atoms with E-state index in [1.54, 1.807) is 48.6 Å². The van der Waals surface area contributed by atoms with Crippen molar-refractivity contribution in [3.05, 3.63) is 79.8 Å². The number of benzene rings is 2. The molecule has 2 aromatic carbocycles. The summed E-state index contributed by atoms with van der Waals surface area (Å²) in [5.41, 5.74) is 0.785. The molecule has 31 heavy (non-hydrogen) atoms. The van der Waals surface area contributed by atoms with Crippen LogP contribution in [0.4, 0.5) is 0 Å². The normalized spacial score (nSPS) is 11.8. The lowest BCUT2D eigenvalue weighted by Crippen LogP contribution is -2.41. The van der Waals surface area contributed by atoms with Gasteiger partial charge in [-0.25, -0.2) is 0 Å². The van der Waals surface area contributed by atoms with E-state index in [1.807, 2.05) is 13.8 Å². The van der Waals surface area contributed by atoms with Gasteiger partial charge in [0, 0.05) is 56.5 Å². The predicted molar refractivity (Wildman–Crippen MR) is 131 cm³/mol. The fourth-order valence-corrected chi connectivity index (χ4v) is 3.54. The molecule has 2 amide bonds. The van der Waals surface area contributed by atoms with Crippen molar-refractivity contribution in [2.24, 2.45) is 5.41 Å². The molecule has 4 nitrogen and oxygen atoms in total. The van der Waals surface area contributed by atoms with Crippen LogP contribution in [0, 0.1) is 5.41 Å². The van der Waals surface area contributed by atoms with Crippen molar-refractivity contribution in [2.75, 3.05) is 13.1 Å². The molecule has 0 aliphatic carbocycles. The molecule has 2 aromatic rings. The first-order valence-corrected chi connectivity index (χ1v) is 10.9. The quantitative estimate of drug-likeness (QED) is 0.419. The summed E-state index contributed by atoms with van der Waals surface area (Å²) in [4.78, 5) is 24.3. The summed E-state index contributed by atoms with van der Waals surface area (Å²) >= 11 is 24.4. The van der Waals surface area contributed by atoms with Gasteiger partial charge in [0.15, 0.2) is 0 Å². The van der Waals surface area contributed by atoms with Gasteiger partial charge in [0.1, 0.15) is 0 Å². The third-order valence-corrected chi connectivity index (χ3v) is 5.60. The van der Waals surface area contributed by atoms with Crippen LogP contribution in [-0.4, -0.2) is 24.9 Å². The molecule has 164 valence electrons. The van der Waals surface area contributed by atoms with Gasteiger partial charge in [0.2, 0.25) is 11.8 Å². The van der Waals surface area contributed by atoms with Gasteiger partial charge < -0.3 is 10.6 Å². The Bertz CT molecular complexity index is 897. The van der Waals surface area contributed by atoms with E-state index in [2.05, 4.69) is 10.6 Å². The average Bonchev–Trinajstić information content (AvgIpc) is 2.70. The highest BCUT2D eigenvalue weighted by atomic mass is 35.5. The van der Waals surface area contributed by atoms with Gasteiger partial charge in [0.05, 0.1) is 0 Å². The Kier molecular flexibility index (Phi) is 9.45. The maximum atomic E-state index is 12.1. The summed E-state index contributed by atoms with van der Waals surface area (Å²) in [5.74, 6) is -0.577. The Hall–Kier alpha value is -1.98. The predicted octanol–water partition coefficient (Wildman–Crippen LogP) is 6.29. The molecule has 0 radical (unpaired) electrons. The molecule has 0 saturated heterocycles. The number of amides is 2. The van der Waals surface area contributed by atoms with Gasteiger partial charge in [-0.3, -0.25) is 9.59 Å². The Morgan fingerprint density at radius 1 is 0.742 bits per heavy atom. The summed E-state index contributed by atoms with van der Waals surface area (Å²) in [6.07, 6.45) is 5.88. The number of hydrogen-bond donors (Lipinski definition) is 2. The fraction of sp³-hybridized carbons (Fsp3) is 0.217. The van der Waals surface area contributed by atoms with E-state index in [-0.39, 0.29) is 17.2 Å². The summed E-state index contributed by atoms with van der Waals surface area (Å²) in [6, 6.07) is 10.3. The average molecular weight is 500 g/mol. The Morgan fingerprint density at radius 2 is 1.06 bits per heavy atom. The largest absolute Gasteiger partial charge is 0.352 e. The van der Waals surface area contributed by atoms with Crippen molar-refractivity contribution in [3.63, 3.8) is 0 Å². The third-order valence-electron chi connectivity index (χ3n) is 4.28. The number of carbonyl (C=O) groups excluding carboxylic acids is 2. The number of rotatable bonds is 8. The third kappa shape index (κ3) is 8.23. The molecular weight excluding hydrogens is 478 g/mol. The molecule has 0 fully saturated rings. The van der Waals surface area contributed by atoms with E-state index in [0.29, 0.717) is 44.3 Å². The van der Waals surface area contributed by atoms with Crippen LogP contribution in [0.3, 0.4) is 0 Å². The highest BCUT2D eigenvalue weighted by molar-refractivity contribution is 6.37. The topological polar surface area (TPSA) is 58.2 Å². The molecule has 0 spiro atoms. The SMILES string of the molecule is CC(C)(CNC(=O)/C=C/c1c(Cl)cccc1Cl)CNC(=O)/C=C/c1c(Cl)cccc1Cl. The van der Waals surface area contributed by atoms with Crippen LogP contribution in [0.15, 0.2) is 48.6 Å². The van der Waals surface area contributed by atoms with Gasteiger partial charge in [-0.1, -0.05) is 72.4 Å². The van der Waals surface area contributed by atoms with E-state index >= 15 is 0 Å². The molecule has 0 aliphatic rings. The minimum absolute atomic E-state index is 0.288. The van der Waals surface area contributed by atoms with Gasteiger partial charge in [0.25, 0.3) is 0 Å². The summed E-state index contributed by atoms with van der Waals surface area (Å²) < 4.78 is 0. The second-order valence-corrected chi connectivity index (χ2v) is 9.17. The van der Waals surface area contributed by atoms with Crippen molar-refractivity contribution in [1.82, 2.24) is 10.6 Å². The molecule has 0 bridgehead atoms. The first-order chi connectivity index (χ1) is 14.6. The van der Waals surface area contributed by atoms with Gasteiger partial charge >= 0.3 is 0 Å². The lowest BCUT2D eigenvalue weighted by atomic mass is 9.93. The number of carbonyl (C=O) groups is 2. The number of hydrogen-bond acceptors (Lipinski definition) is 2. The van der Waals surface area contributed by atoms with Crippen LogP contribution in [0.2, 0.25) is 20.1 Å². The van der Waals surface area contributed by atoms with Crippen molar-refractivity contribution in [1.29, 1.82) is 0 Å².